The highest BCUT2D eigenvalue weighted by atomic mass is 19.1. The molecular formula is C12H11FN4O2. The van der Waals surface area contributed by atoms with Crippen LogP contribution in [0.3, 0.4) is 0 Å². The quantitative estimate of drug-likeness (QED) is 0.862. The van der Waals surface area contributed by atoms with Crippen LogP contribution in [0.1, 0.15) is 12.5 Å². The van der Waals surface area contributed by atoms with Gasteiger partial charge in [0.15, 0.2) is 5.82 Å². The van der Waals surface area contributed by atoms with Gasteiger partial charge in [0.25, 0.3) is 0 Å². The summed E-state index contributed by atoms with van der Waals surface area (Å²) < 4.78 is 14.2. The van der Waals surface area contributed by atoms with Gasteiger partial charge in [-0.1, -0.05) is 0 Å². The van der Waals surface area contributed by atoms with Crippen LogP contribution >= 0.6 is 0 Å². The highest BCUT2D eigenvalue weighted by molar-refractivity contribution is 6.17. The van der Waals surface area contributed by atoms with Crippen LogP contribution in [-0.4, -0.2) is 27.7 Å². The van der Waals surface area contributed by atoms with Crippen molar-refractivity contribution in [1.29, 1.82) is 0 Å². The van der Waals surface area contributed by atoms with Crippen molar-refractivity contribution < 1.29 is 14.3 Å². The molecule has 0 atom stereocenters. The third-order valence-electron chi connectivity index (χ3n) is 3.14. The maximum atomic E-state index is 14.2. The minimum Gasteiger partial charge on any atom is -0.392 e. The number of nitrogens with one attached hydrogen (secondary N) is 1. The molecule has 0 fully saturated rings. The van der Waals surface area contributed by atoms with Gasteiger partial charge in [-0.15, -0.1) is 0 Å². The number of aliphatic hydroxyl groups excluding tert-OH is 1. The molecule has 19 heavy (non-hydrogen) atoms. The van der Waals surface area contributed by atoms with E-state index in [0.29, 0.717) is 23.3 Å². The summed E-state index contributed by atoms with van der Waals surface area (Å²) in [5, 5.41) is 12.1. The Kier molecular flexibility index (Phi) is 2.56. The van der Waals surface area contributed by atoms with Crippen molar-refractivity contribution in [3.05, 3.63) is 23.8 Å². The maximum Gasteiger partial charge on any atom is 0.327 e. The van der Waals surface area contributed by atoms with Crippen molar-refractivity contribution in [3.63, 3.8) is 0 Å². The topological polar surface area (TPSA) is 78.4 Å². The Morgan fingerprint density at radius 1 is 1.47 bits per heavy atom. The standard InChI is InChI=1S/C12H11FN4O2/c1-2-17-11-8-7(14-5-15-11)3-6(4-18)9(13)10(8)16-12(17)19/h3,5,18H,2,4H2,1H3,(H,16,19). The van der Waals surface area contributed by atoms with Crippen molar-refractivity contribution >= 4 is 28.4 Å². The Hall–Kier alpha value is -2.28. The van der Waals surface area contributed by atoms with Gasteiger partial charge in [0.1, 0.15) is 12.1 Å². The average molecular weight is 262 g/mol. The highest BCUT2D eigenvalue weighted by Crippen LogP contribution is 2.37. The molecule has 0 spiro atoms. The Morgan fingerprint density at radius 2 is 2.26 bits per heavy atom. The number of anilines is 2. The third kappa shape index (κ3) is 1.55. The Morgan fingerprint density at radius 3 is 2.95 bits per heavy atom. The number of aliphatic hydroxyl groups is 1. The molecule has 0 saturated heterocycles. The molecule has 1 aromatic carbocycles. The molecule has 2 amide bonds. The summed E-state index contributed by atoms with van der Waals surface area (Å²) in [7, 11) is 0. The average Bonchev–Trinajstić information content (AvgIpc) is 2.42. The van der Waals surface area contributed by atoms with Crippen LogP contribution in [0, 0.1) is 5.82 Å². The number of hydrogen-bond donors (Lipinski definition) is 2. The molecule has 2 N–H and O–H groups in total. The Labute approximate surface area is 107 Å². The fourth-order valence-corrected chi connectivity index (χ4v) is 2.24. The number of halogens is 1. The summed E-state index contributed by atoms with van der Waals surface area (Å²) in [6.45, 7) is 1.76. The first-order valence-electron chi connectivity index (χ1n) is 5.82. The molecule has 0 radical (unpaired) electrons. The molecule has 98 valence electrons. The molecule has 1 aromatic heterocycles. The number of amides is 2. The van der Waals surface area contributed by atoms with Gasteiger partial charge in [0.05, 0.1) is 23.2 Å². The second-order valence-electron chi connectivity index (χ2n) is 4.15. The summed E-state index contributed by atoms with van der Waals surface area (Å²) in [5.74, 6) is -0.259. The zero-order valence-electron chi connectivity index (χ0n) is 10.1. The molecule has 6 nitrogen and oxygen atoms in total. The highest BCUT2D eigenvalue weighted by Gasteiger charge is 2.29. The van der Waals surface area contributed by atoms with Crippen molar-refractivity contribution in [1.82, 2.24) is 9.97 Å². The van der Waals surface area contributed by atoms with Crippen molar-refractivity contribution in [2.24, 2.45) is 0 Å². The Balaban J connectivity index is 2.41. The minimum atomic E-state index is -0.643. The fourth-order valence-electron chi connectivity index (χ4n) is 2.24. The van der Waals surface area contributed by atoms with E-state index in [9.17, 15) is 9.18 Å². The summed E-state index contributed by atoms with van der Waals surface area (Å²) >= 11 is 0. The van der Waals surface area contributed by atoms with E-state index in [1.165, 1.54) is 17.3 Å². The van der Waals surface area contributed by atoms with Crippen LogP contribution in [0.5, 0.6) is 0 Å². The SMILES string of the molecule is CCN1C(=O)Nc2c(F)c(CO)cc3ncnc1c23. The van der Waals surface area contributed by atoms with E-state index >= 15 is 0 Å². The zero-order chi connectivity index (χ0) is 13.6. The van der Waals surface area contributed by atoms with Crippen LogP contribution in [-0.2, 0) is 6.61 Å². The molecule has 1 aliphatic heterocycles. The van der Waals surface area contributed by atoms with Crippen LogP contribution in [0.4, 0.5) is 20.7 Å². The number of rotatable bonds is 2. The van der Waals surface area contributed by atoms with E-state index in [1.807, 2.05) is 0 Å². The van der Waals surface area contributed by atoms with Crippen molar-refractivity contribution in [2.45, 2.75) is 13.5 Å². The maximum absolute atomic E-state index is 14.2. The smallest absolute Gasteiger partial charge is 0.327 e. The van der Waals surface area contributed by atoms with Crippen LogP contribution in [0.25, 0.3) is 10.9 Å². The van der Waals surface area contributed by atoms with Gasteiger partial charge in [-0.05, 0) is 13.0 Å². The molecule has 1 aliphatic rings. The van der Waals surface area contributed by atoms with Crippen molar-refractivity contribution in [3.8, 4) is 0 Å². The number of aromatic nitrogens is 2. The molecule has 0 bridgehead atoms. The van der Waals surface area contributed by atoms with E-state index in [2.05, 4.69) is 15.3 Å². The van der Waals surface area contributed by atoms with E-state index in [0.717, 1.165) is 0 Å². The lowest BCUT2D eigenvalue weighted by molar-refractivity contribution is 0.256. The van der Waals surface area contributed by atoms with Crippen LogP contribution in [0.15, 0.2) is 12.4 Å². The first-order valence-corrected chi connectivity index (χ1v) is 5.82. The normalized spacial score (nSPS) is 13.8. The number of hydrogen-bond acceptors (Lipinski definition) is 4. The zero-order valence-corrected chi connectivity index (χ0v) is 10.1. The number of urea groups is 1. The second kappa shape index (κ2) is 4.13. The summed E-state index contributed by atoms with van der Waals surface area (Å²) in [4.78, 5) is 21.4. The first kappa shape index (κ1) is 11.8. The summed E-state index contributed by atoms with van der Waals surface area (Å²) in [6, 6.07) is 1.02. The molecule has 2 aromatic rings. The monoisotopic (exact) mass is 262 g/mol. The molecule has 3 rings (SSSR count). The summed E-state index contributed by atoms with van der Waals surface area (Å²) in [5.41, 5.74) is 0.619. The molecule has 2 heterocycles. The second-order valence-corrected chi connectivity index (χ2v) is 4.15. The van der Waals surface area contributed by atoms with Crippen LogP contribution in [0.2, 0.25) is 0 Å². The largest absolute Gasteiger partial charge is 0.392 e. The van der Waals surface area contributed by atoms with Gasteiger partial charge >= 0.3 is 6.03 Å². The number of nitrogens with zero attached hydrogens (tertiary/aromatic N) is 3. The molecule has 0 unspecified atom stereocenters. The lowest BCUT2D eigenvalue weighted by atomic mass is 10.1. The Bertz CT molecular complexity index is 689. The van der Waals surface area contributed by atoms with Crippen LogP contribution < -0.4 is 10.2 Å². The number of carbonyl (C=O) groups is 1. The third-order valence-corrected chi connectivity index (χ3v) is 3.14. The summed E-state index contributed by atoms with van der Waals surface area (Å²) in [6.07, 6.45) is 1.32. The van der Waals surface area contributed by atoms with E-state index in [1.54, 1.807) is 6.92 Å². The van der Waals surface area contributed by atoms with E-state index in [-0.39, 0.29) is 11.3 Å². The van der Waals surface area contributed by atoms with Gasteiger partial charge in [0, 0.05) is 12.1 Å². The van der Waals surface area contributed by atoms with Gasteiger partial charge in [-0.2, -0.15) is 0 Å². The lowest BCUT2D eigenvalue weighted by Gasteiger charge is -2.28. The van der Waals surface area contributed by atoms with E-state index in [4.69, 9.17) is 5.11 Å². The van der Waals surface area contributed by atoms with Crippen molar-refractivity contribution in [2.75, 3.05) is 16.8 Å². The predicted molar refractivity (Wildman–Crippen MR) is 67.5 cm³/mol. The lowest BCUT2D eigenvalue weighted by Crippen LogP contribution is -2.38. The van der Waals surface area contributed by atoms with Gasteiger partial charge < -0.3 is 10.4 Å². The van der Waals surface area contributed by atoms with Gasteiger partial charge in [-0.3, -0.25) is 4.90 Å². The van der Waals surface area contributed by atoms with Gasteiger partial charge in [-0.25, -0.2) is 19.2 Å². The van der Waals surface area contributed by atoms with Gasteiger partial charge in [0.2, 0.25) is 0 Å². The molecule has 0 saturated carbocycles. The number of carbonyl (C=O) groups excluding carboxylic acids is 1. The molecular weight excluding hydrogens is 251 g/mol. The first-order chi connectivity index (χ1) is 9.17. The predicted octanol–water partition coefficient (Wildman–Crippen LogP) is 1.63. The molecule has 7 heteroatoms. The minimum absolute atomic E-state index is 0.0341. The fraction of sp³-hybridized carbons (Fsp3) is 0.250. The van der Waals surface area contributed by atoms with E-state index < -0.39 is 18.5 Å². The molecule has 0 aliphatic carbocycles. The number of benzene rings is 1.